The Morgan fingerprint density at radius 1 is 0.750 bits per heavy atom. The highest BCUT2D eigenvalue weighted by atomic mass is 28.4. The Morgan fingerprint density at radius 2 is 1.00 bits per heavy atom. The second-order valence-corrected chi connectivity index (χ2v) is 12.4. The van der Waals surface area contributed by atoms with E-state index in [0.29, 0.717) is 11.1 Å². The lowest BCUT2D eigenvalue weighted by molar-refractivity contribution is 0.192. The molecule has 0 bridgehead atoms. The van der Waals surface area contributed by atoms with Gasteiger partial charge in [-0.05, 0) is 53.6 Å². The second-order valence-electron chi connectivity index (χ2n) is 6.41. The summed E-state index contributed by atoms with van der Waals surface area (Å²) >= 11 is 0. The summed E-state index contributed by atoms with van der Waals surface area (Å²) in [5, 5.41) is 0. The zero-order valence-corrected chi connectivity index (χ0v) is 14.8. The molecule has 0 N–H and O–H groups in total. The first-order chi connectivity index (χ1) is 7.19. The first-order valence-corrected chi connectivity index (χ1v) is 11.1. The van der Waals surface area contributed by atoms with Crippen LogP contribution in [0.25, 0.3) is 0 Å². The number of hydrogen-bond acceptors (Lipinski definition) is 2. The van der Waals surface area contributed by atoms with Gasteiger partial charge in [0.15, 0.2) is 18.2 Å². The first kappa shape index (κ1) is 14.4. The largest absolute Gasteiger partial charge is 0.322 e. The zero-order valence-electron chi connectivity index (χ0n) is 12.5. The first-order valence-electron chi connectivity index (χ1n) is 6.76. The third-order valence-electron chi connectivity index (χ3n) is 4.74. The fraction of sp³-hybridized carbons (Fsp3) is 1.00. The highest BCUT2D eigenvalue weighted by Gasteiger charge is 2.52. The summed E-state index contributed by atoms with van der Waals surface area (Å²) in [4.78, 5) is 0. The van der Waals surface area contributed by atoms with E-state index < -0.39 is 18.2 Å². The van der Waals surface area contributed by atoms with E-state index in [1.54, 1.807) is 0 Å². The summed E-state index contributed by atoms with van der Waals surface area (Å²) in [7, 11) is -1.63. The van der Waals surface area contributed by atoms with Crippen LogP contribution in [0.3, 0.4) is 0 Å². The molecule has 4 heteroatoms. The molecule has 1 aliphatic rings. The van der Waals surface area contributed by atoms with Crippen molar-refractivity contribution in [3.05, 3.63) is 0 Å². The van der Waals surface area contributed by atoms with Crippen LogP contribution < -0.4 is 0 Å². The summed E-state index contributed by atoms with van der Waals surface area (Å²) in [5.41, 5.74) is 0.884. The van der Waals surface area contributed by atoms with E-state index in [1.807, 2.05) is 0 Å². The maximum Gasteiger partial charge on any atom is 0.175 e. The highest BCUT2D eigenvalue weighted by Crippen LogP contribution is 2.37. The van der Waals surface area contributed by atoms with Crippen LogP contribution in [0.15, 0.2) is 0 Å². The van der Waals surface area contributed by atoms with Crippen molar-refractivity contribution in [1.82, 2.24) is 8.46 Å². The van der Waals surface area contributed by atoms with Gasteiger partial charge in [0.05, 0.1) is 0 Å². The predicted octanol–water partition coefficient (Wildman–Crippen LogP) is 2.68. The minimum absolute atomic E-state index is 0.442. The molecular weight excluding hydrogens is 228 g/mol. The molecule has 0 spiro atoms. The fourth-order valence-electron chi connectivity index (χ4n) is 3.21. The summed E-state index contributed by atoms with van der Waals surface area (Å²) in [6.45, 7) is 19.4. The Morgan fingerprint density at radius 3 is 1.19 bits per heavy atom. The van der Waals surface area contributed by atoms with Gasteiger partial charge in [0, 0.05) is 11.1 Å². The molecule has 0 atom stereocenters. The minimum Gasteiger partial charge on any atom is -0.322 e. The molecule has 1 saturated heterocycles. The van der Waals surface area contributed by atoms with Gasteiger partial charge in [-0.3, -0.25) is 0 Å². The van der Waals surface area contributed by atoms with Crippen LogP contribution >= 0.6 is 0 Å². The molecular formula is C12H30N2Si2. The van der Waals surface area contributed by atoms with Crippen molar-refractivity contribution in [1.29, 1.82) is 0 Å². The van der Waals surface area contributed by atoms with Crippen LogP contribution in [0.4, 0.5) is 0 Å². The third kappa shape index (κ3) is 2.17. The van der Waals surface area contributed by atoms with E-state index in [4.69, 9.17) is 0 Å². The second kappa shape index (κ2) is 4.55. The van der Waals surface area contributed by atoms with Crippen molar-refractivity contribution in [2.45, 2.75) is 78.6 Å². The van der Waals surface area contributed by atoms with Crippen molar-refractivity contribution in [2.24, 2.45) is 0 Å². The molecule has 0 unspecified atom stereocenters. The lowest BCUT2D eigenvalue weighted by Crippen LogP contribution is -2.83. The SMILES string of the molecule is CCC(C)(C)N1[SiH](C)N(C(C)(C)CC)[SiH]1C. The summed E-state index contributed by atoms with van der Waals surface area (Å²) in [5.74, 6) is 0. The Bertz CT molecular complexity index is 219. The van der Waals surface area contributed by atoms with Gasteiger partial charge >= 0.3 is 0 Å². The summed E-state index contributed by atoms with van der Waals surface area (Å²) in [6, 6.07) is 0. The van der Waals surface area contributed by atoms with Gasteiger partial charge in [0.2, 0.25) is 0 Å². The molecule has 0 aromatic heterocycles. The highest BCUT2D eigenvalue weighted by molar-refractivity contribution is 6.85. The summed E-state index contributed by atoms with van der Waals surface area (Å²) in [6.07, 6.45) is 2.56. The zero-order chi connectivity index (χ0) is 12.7. The van der Waals surface area contributed by atoms with E-state index in [0.717, 1.165) is 0 Å². The Labute approximate surface area is 106 Å². The number of rotatable bonds is 4. The molecule has 0 aromatic carbocycles. The third-order valence-corrected chi connectivity index (χ3v) is 15.9. The Balaban J connectivity index is 2.80. The van der Waals surface area contributed by atoms with Crippen molar-refractivity contribution in [2.75, 3.05) is 0 Å². The van der Waals surface area contributed by atoms with Crippen molar-refractivity contribution in [3.8, 4) is 0 Å². The lowest BCUT2D eigenvalue weighted by Gasteiger charge is -2.65. The van der Waals surface area contributed by atoms with E-state index in [9.17, 15) is 0 Å². The van der Waals surface area contributed by atoms with Gasteiger partial charge in [-0.1, -0.05) is 13.8 Å². The molecule has 1 aliphatic heterocycles. The minimum atomic E-state index is -0.814. The van der Waals surface area contributed by atoms with Crippen LogP contribution in [0.2, 0.25) is 13.1 Å². The quantitative estimate of drug-likeness (QED) is 0.716. The van der Waals surface area contributed by atoms with Gasteiger partial charge in [0.1, 0.15) is 0 Å². The average molecular weight is 259 g/mol. The van der Waals surface area contributed by atoms with Crippen LogP contribution in [-0.2, 0) is 0 Å². The monoisotopic (exact) mass is 258 g/mol. The van der Waals surface area contributed by atoms with E-state index in [-0.39, 0.29) is 0 Å². The van der Waals surface area contributed by atoms with Crippen molar-refractivity contribution in [3.63, 3.8) is 0 Å². The van der Waals surface area contributed by atoms with E-state index >= 15 is 0 Å². The maximum absolute atomic E-state index is 2.92. The van der Waals surface area contributed by atoms with Gasteiger partial charge < -0.3 is 8.46 Å². The van der Waals surface area contributed by atoms with E-state index in [1.165, 1.54) is 12.8 Å². The Hall–Kier alpha value is 0.354. The van der Waals surface area contributed by atoms with Crippen LogP contribution in [0, 0.1) is 0 Å². The van der Waals surface area contributed by atoms with Crippen LogP contribution in [-0.4, -0.2) is 37.8 Å². The molecule has 1 rings (SSSR count). The number of nitrogens with zero attached hydrogens (tertiary/aromatic N) is 2. The topological polar surface area (TPSA) is 6.48 Å². The molecule has 16 heavy (non-hydrogen) atoms. The van der Waals surface area contributed by atoms with E-state index in [2.05, 4.69) is 63.1 Å². The van der Waals surface area contributed by atoms with Crippen molar-refractivity contribution < 1.29 is 0 Å². The molecule has 0 saturated carbocycles. The molecule has 2 nitrogen and oxygen atoms in total. The lowest BCUT2D eigenvalue weighted by atomic mass is 10.0. The molecule has 0 amide bonds. The summed E-state index contributed by atoms with van der Waals surface area (Å²) < 4.78 is 5.84. The van der Waals surface area contributed by atoms with Crippen LogP contribution in [0.5, 0.6) is 0 Å². The normalized spacial score (nSPS) is 29.2. The molecule has 0 aromatic rings. The maximum atomic E-state index is 2.92. The predicted molar refractivity (Wildman–Crippen MR) is 78.4 cm³/mol. The standard InChI is InChI=1S/C12H30N2Si2/c1-9-11(3,4)13-15(7)14(16(13)8)12(5,6)10-2/h15-16H,9-10H2,1-8H3. The van der Waals surface area contributed by atoms with Gasteiger partial charge in [-0.2, -0.15) is 0 Å². The molecule has 0 radical (unpaired) electrons. The molecule has 96 valence electrons. The smallest absolute Gasteiger partial charge is 0.175 e. The number of hydrogen-bond donors (Lipinski definition) is 0. The van der Waals surface area contributed by atoms with Gasteiger partial charge in [-0.25, -0.2) is 0 Å². The molecule has 0 aliphatic carbocycles. The van der Waals surface area contributed by atoms with Gasteiger partial charge in [-0.15, -0.1) is 0 Å². The fourth-order valence-corrected chi connectivity index (χ4v) is 14.2. The molecule has 1 fully saturated rings. The van der Waals surface area contributed by atoms with Crippen LogP contribution in [0.1, 0.15) is 54.4 Å². The average Bonchev–Trinajstić information content (AvgIpc) is 2.16. The Kier molecular flexibility index (Phi) is 4.10. The van der Waals surface area contributed by atoms with Crippen molar-refractivity contribution >= 4 is 18.2 Å². The molecule has 1 heterocycles. The van der Waals surface area contributed by atoms with Gasteiger partial charge in [0.25, 0.3) is 0 Å².